The number of hydrogen-bond donors (Lipinski definition) is 1. The number of carbonyl (C=O) groups excluding carboxylic acids is 2. The summed E-state index contributed by atoms with van der Waals surface area (Å²) in [5.74, 6) is -0.262. The van der Waals surface area contributed by atoms with Gasteiger partial charge < -0.3 is 10.2 Å². The first-order valence-corrected chi connectivity index (χ1v) is 5.34. The SMILES string of the molecule is O=C1CN(CCF)C(=O)C2(CCCC2)N1. The molecule has 0 atom stereocenters. The monoisotopic (exact) mass is 214 g/mol. The van der Waals surface area contributed by atoms with Gasteiger partial charge in [-0.25, -0.2) is 4.39 Å². The Morgan fingerprint density at radius 3 is 2.60 bits per heavy atom. The van der Waals surface area contributed by atoms with E-state index in [1.807, 2.05) is 0 Å². The van der Waals surface area contributed by atoms with Crippen molar-refractivity contribution >= 4 is 11.8 Å². The molecule has 0 aromatic heterocycles. The third-order valence-electron chi connectivity index (χ3n) is 3.22. The molecule has 1 saturated heterocycles. The first kappa shape index (κ1) is 10.4. The molecule has 0 aromatic carbocycles. The minimum atomic E-state index is -0.704. The molecular weight excluding hydrogens is 199 g/mol. The van der Waals surface area contributed by atoms with Crippen LogP contribution in [-0.4, -0.2) is 42.0 Å². The highest BCUT2D eigenvalue weighted by molar-refractivity contribution is 5.98. The number of carbonyl (C=O) groups is 2. The molecule has 2 fully saturated rings. The lowest BCUT2D eigenvalue weighted by molar-refractivity contribution is -0.149. The summed E-state index contributed by atoms with van der Waals surface area (Å²) in [6.45, 7) is -0.548. The van der Waals surface area contributed by atoms with E-state index in [2.05, 4.69) is 5.32 Å². The van der Waals surface area contributed by atoms with Gasteiger partial charge in [-0.05, 0) is 12.8 Å². The lowest BCUT2D eigenvalue weighted by Gasteiger charge is -2.39. The molecule has 1 aliphatic carbocycles. The van der Waals surface area contributed by atoms with Gasteiger partial charge >= 0.3 is 0 Å². The van der Waals surface area contributed by atoms with E-state index in [1.165, 1.54) is 4.90 Å². The van der Waals surface area contributed by atoms with Crippen molar-refractivity contribution in [3.63, 3.8) is 0 Å². The highest BCUT2D eigenvalue weighted by atomic mass is 19.1. The average molecular weight is 214 g/mol. The van der Waals surface area contributed by atoms with E-state index in [9.17, 15) is 14.0 Å². The van der Waals surface area contributed by atoms with E-state index >= 15 is 0 Å². The fourth-order valence-electron chi connectivity index (χ4n) is 2.51. The quantitative estimate of drug-likeness (QED) is 0.715. The molecule has 2 amide bonds. The van der Waals surface area contributed by atoms with Crippen LogP contribution in [0.5, 0.6) is 0 Å². The molecule has 84 valence electrons. The van der Waals surface area contributed by atoms with Crippen molar-refractivity contribution in [2.75, 3.05) is 19.8 Å². The number of amides is 2. The standard InChI is InChI=1S/C10H15FN2O2/c11-5-6-13-7-8(14)12-10(9(13)15)3-1-2-4-10/h1-7H2,(H,12,14). The Bertz CT molecular complexity index is 287. The normalized spacial score (nSPS) is 24.7. The smallest absolute Gasteiger partial charge is 0.248 e. The van der Waals surface area contributed by atoms with Crippen molar-refractivity contribution in [3.05, 3.63) is 0 Å². The molecule has 0 bridgehead atoms. The molecule has 1 N–H and O–H groups in total. The van der Waals surface area contributed by atoms with Crippen molar-refractivity contribution in [3.8, 4) is 0 Å². The molecule has 1 aliphatic heterocycles. The maximum atomic E-state index is 12.2. The van der Waals surface area contributed by atoms with Crippen molar-refractivity contribution in [1.29, 1.82) is 0 Å². The second-order valence-electron chi connectivity index (χ2n) is 4.25. The number of nitrogens with one attached hydrogen (secondary N) is 1. The van der Waals surface area contributed by atoms with Gasteiger partial charge in [0.15, 0.2) is 0 Å². The molecule has 1 heterocycles. The third kappa shape index (κ3) is 1.70. The molecule has 0 unspecified atom stereocenters. The van der Waals surface area contributed by atoms with Crippen molar-refractivity contribution < 1.29 is 14.0 Å². The van der Waals surface area contributed by atoms with Crippen LogP contribution < -0.4 is 5.32 Å². The summed E-state index contributed by atoms with van der Waals surface area (Å²) in [6.07, 6.45) is 3.30. The van der Waals surface area contributed by atoms with Crippen molar-refractivity contribution in [2.45, 2.75) is 31.2 Å². The molecule has 2 aliphatic rings. The number of alkyl halides is 1. The van der Waals surface area contributed by atoms with E-state index in [4.69, 9.17) is 0 Å². The van der Waals surface area contributed by atoms with Crippen LogP contribution in [0.2, 0.25) is 0 Å². The molecular formula is C10H15FN2O2. The number of halogens is 1. The van der Waals surface area contributed by atoms with Crippen molar-refractivity contribution in [1.82, 2.24) is 10.2 Å². The predicted molar refractivity (Wildman–Crippen MR) is 51.9 cm³/mol. The summed E-state index contributed by atoms with van der Waals surface area (Å²) in [4.78, 5) is 24.8. The van der Waals surface area contributed by atoms with Gasteiger partial charge in [0.1, 0.15) is 12.2 Å². The second kappa shape index (κ2) is 3.79. The van der Waals surface area contributed by atoms with E-state index < -0.39 is 12.2 Å². The van der Waals surface area contributed by atoms with Crippen LogP contribution in [0.1, 0.15) is 25.7 Å². The Balaban J connectivity index is 2.17. The minimum Gasteiger partial charge on any atom is -0.340 e. The number of rotatable bonds is 2. The van der Waals surface area contributed by atoms with Crippen LogP contribution in [0.15, 0.2) is 0 Å². The van der Waals surface area contributed by atoms with Crippen LogP contribution in [0, 0.1) is 0 Å². The fraction of sp³-hybridized carbons (Fsp3) is 0.800. The lowest BCUT2D eigenvalue weighted by atomic mass is 9.93. The van der Waals surface area contributed by atoms with E-state index in [0.717, 1.165) is 12.8 Å². The maximum Gasteiger partial charge on any atom is 0.248 e. The van der Waals surface area contributed by atoms with Crippen LogP contribution >= 0.6 is 0 Å². The van der Waals surface area contributed by atoms with Gasteiger partial charge in [0.05, 0.1) is 6.54 Å². The molecule has 0 radical (unpaired) electrons. The Kier molecular flexibility index (Phi) is 2.63. The Hall–Kier alpha value is -1.13. The van der Waals surface area contributed by atoms with Gasteiger partial charge in [-0.2, -0.15) is 0 Å². The Morgan fingerprint density at radius 2 is 2.00 bits per heavy atom. The first-order valence-electron chi connectivity index (χ1n) is 5.34. The molecule has 0 aromatic rings. The molecule has 5 heteroatoms. The zero-order valence-corrected chi connectivity index (χ0v) is 8.59. The Morgan fingerprint density at radius 1 is 1.33 bits per heavy atom. The number of piperazine rings is 1. The van der Waals surface area contributed by atoms with Crippen LogP contribution in [0.4, 0.5) is 4.39 Å². The summed E-state index contributed by atoms with van der Waals surface area (Å²) in [5.41, 5.74) is -0.704. The summed E-state index contributed by atoms with van der Waals surface area (Å²) < 4.78 is 12.2. The van der Waals surface area contributed by atoms with Gasteiger partial charge in [-0.15, -0.1) is 0 Å². The minimum absolute atomic E-state index is 0.00447. The molecule has 4 nitrogen and oxygen atoms in total. The van der Waals surface area contributed by atoms with Gasteiger partial charge in [-0.1, -0.05) is 12.8 Å². The lowest BCUT2D eigenvalue weighted by Crippen LogP contribution is -2.65. The average Bonchev–Trinajstić information content (AvgIpc) is 2.64. The fourth-order valence-corrected chi connectivity index (χ4v) is 2.51. The number of nitrogens with zero attached hydrogens (tertiary/aromatic N) is 1. The zero-order valence-electron chi connectivity index (χ0n) is 8.59. The zero-order chi connectivity index (χ0) is 10.9. The van der Waals surface area contributed by atoms with E-state index in [1.54, 1.807) is 0 Å². The highest BCUT2D eigenvalue weighted by Crippen LogP contribution is 2.33. The summed E-state index contributed by atoms with van der Waals surface area (Å²) in [7, 11) is 0. The first-order chi connectivity index (χ1) is 7.18. The second-order valence-corrected chi connectivity index (χ2v) is 4.25. The largest absolute Gasteiger partial charge is 0.340 e. The van der Waals surface area contributed by atoms with Gasteiger partial charge in [0, 0.05) is 6.54 Å². The van der Waals surface area contributed by atoms with Crippen LogP contribution in [-0.2, 0) is 9.59 Å². The van der Waals surface area contributed by atoms with Gasteiger partial charge in [0.2, 0.25) is 11.8 Å². The predicted octanol–water partition coefficient (Wildman–Crippen LogP) is 0.227. The summed E-state index contributed by atoms with van der Waals surface area (Å²) >= 11 is 0. The molecule has 1 spiro atoms. The topological polar surface area (TPSA) is 49.4 Å². The highest BCUT2D eigenvalue weighted by Gasteiger charge is 2.47. The number of hydrogen-bond acceptors (Lipinski definition) is 2. The third-order valence-corrected chi connectivity index (χ3v) is 3.22. The molecule has 1 saturated carbocycles. The Labute approximate surface area is 87.8 Å². The summed E-state index contributed by atoms with van der Waals surface area (Å²) in [6, 6.07) is 0. The molecule has 2 rings (SSSR count). The van der Waals surface area contributed by atoms with Crippen molar-refractivity contribution in [2.24, 2.45) is 0 Å². The van der Waals surface area contributed by atoms with Gasteiger partial charge in [-0.3, -0.25) is 9.59 Å². The summed E-state index contributed by atoms with van der Waals surface area (Å²) in [5, 5.41) is 2.78. The van der Waals surface area contributed by atoms with Crippen LogP contribution in [0.3, 0.4) is 0 Å². The van der Waals surface area contributed by atoms with Crippen LogP contribution in [0.25, 0.3) is 0 Å². The maximum absolute atomic E-state index is 12.2. The van der Waals surface area contributed by atoms with Gasteiger partial charge in [0.25, 0.3) is 0 Å². The van der Waals surface area contributed by atoms with E-state index in [-0.39, 0.29) is 24.9 Å². The van der Waals surface area contributed by atoms with E-state index in [0.29, 0.717) is 12.8 Å². The molecule has 15 heavy (non-hydrogen) atoms.